The maximum Gasteiger partial charge on any atom is 0.253 e. The van der Waals surface area contributed by atoms with Crippen molar-refractivity contribution in [3.63, 3.8) is 0 Å². The van der Waals surface area contributed by atoms with Crippen LogP contribution in [0.1, 0.15) is 28.5 Å². The van der Waals surface area contributed by atoms with E-state index in [2.05, 4.69) is 20.4 Å². The first kappa shape index (κ1) is 17.0. The van der Waals surface area contributed by atoms with Crippen molar-refractivity contribution in [3.05, 3.63) is 65.5 Å². The summed E-state index contributed by atoms with van der Waals surface area (Å²) in [6.45, 7) is 2.57. The van der Waals surface area contributed by atoms with E-state index in [1.807, 2.05) is 49.4 Å². The molecule has 1 amide bonds. The SMILES string of the molecule is CON=C(C)c1cccc(-c2cc(-c3cc4c([nH]3)CCNC4=O)ccn2)c1. The number of benzene rings is 1. The fourth-order valence-electron chi connectivity index (χ4n) is 3.30. The molecule has 1 aliphatic rings. The van der Waals surface area contributed by atoms with Gasteiger partial charge in [-0.1, -0.05) is 23.4 Å². The van der Waals surface area contributed by atoms with Crippen molar-refractivity contribution in [2.75, 3.05) is 13.7 Å². The normalized spacial score (nSPS) is 13.9. The van der Waals surface area contributed by atoms with Gasteiger partial charge in [-0.05, 0) is 36.8 Å². The number of hydrogen-bond acceptors (Lipinski definition) is 4. The molecule has 0 bridgehead atoms. The van der Waals surface area contributed by atoms with Gasteiger partial charge in [-0.15, -0.1) is 0 Å². The Balaban J connectivity index is 1.71. The van der Waals surface area contributed by atoms with E-state index in [-0.39, 0.29) is 5.91 Å². The Morgan fingerprint density at radius 1 is 1.19 bits per heavy atom. The quantitative estimate of drug-likeness (QED) is 0.553. The third-order valence-electron chi connectivity index (χ3n) is 4.68. The van der Waals surface area contributed by atoms with Gasteiger partial charge in [0.1, 0.15) is 7.11 Å². The molecular formula is C21H20N4O2. The third kappa shape index (κ3) is 3.33. The molecule has 4 rings (SSSR count). The molecule has 0 saturated heterocycles. The summed E-state index contributed by atoms with van der Waals surface area (Å²) in [4.78, 5) is 24.8. The smallest absolute Gasteiger partial charge is 0.253 e. The first-order chi connectivity index (χ1) is 13.2. The molecule has 3 aromatic rings. The molecule has 0 unspecified atom stereocenters. The summed E-state index contributed by atoms with van der Waals surface area (Å²) in [5, 5.41) is 6.87. The molecule has 0 aliphatic carbocycles. The predicted octanol–water partition coefficient (Wildman–Crippen LogP) is 3.40. The summed E-state index contributed by atoms with van der Waals surface area (Å²) in [6, 6.07) is 13.9. The second-order valence-electron chi connectivity index (χ2n) is 6.45. The summed E-state index contributed by atoms with van der Waals surface area (Å²) >= 11 is 0. The number of rotatable bonds is 4. The number of fused-ring (bicyclic) bond motifs is 1. The molecule has 0 fully saturated rings. The van der Waals surface area contributed by atoms with E-state index < -0.39 is 0 Å². The molecule has 6 heteroatoms. The first-order valence-corrected chi connectivity index (χ1v) is 8.81. The molecule has 2 N–H and O–H groups in total. The van der Waals surface area contributed by atoms with E-state index in [0.29, 0.717) is 6.54 Å². The number of pyridine rings is 1. The third-order valence-corrected chi connectivity index (χ3v) is 4.68. The van der Waals surface area contributed by atoms with Gasteiger partial charge in [0.2, 0.25) is 0 Å². The van der Waals surface area contributed by atoms with Crippen LogP contribution in [0.4, 0.5) is 0 Å². The van der Waals surface area contributed by atoms with Crippen LogP contribution in [-0.4, -0.2) is 35.2 Å². The number of amides is 1. The minimum absolute atomic E-state index is 0.0198. The topological polar surface area (TPSA) is 79.4 Å². The van der Waals surface area contributed by atoms with E-state index in [4.69, 9.17) is 4.84 Å². The summed E-state index contributed by atoms with van der Waals surface area (Å²) in [5.74, 6) is -0.0198. The average Bonchev–Trinajstić information content (AvgIpc) is 3.14. The number of carbonyl (C=O) groups is 1. The second-order valence-corrected chi connectivity index (χ2v) is 6.45. The standard InChI is InChI=1S/C21H20N4O2/c1-13(25-27-2)14-4-3-5-15(10-14)19-11-16(6-8-22-19)20-12-17-18(24-20)7-9-23-21(17)26/h3-6,8,10-12,24H,7,9H2,1-2H3,(H,23,26). The molecular weight excluding hydrogens is 340 g/mol. The summed E-state index contributed by atoms with van der Waals surface area (Å²) in [7, 11) is 1.54. The van der Waals surface area contributed by atoms with Crippen molar-refractivity contribution in [1.82, 2.24) is 15.3 Å². The van der Waals surface area contributed by atoms with E-state index in [9.17, 15) is 4.79 Å². The highest BCUT2D eigenvalue weighted by atomic mass is 16.6. The monoisotopic (exact) mass is 360 g/mol. The molecule has 1 aromatic carbocycles. The van der Waals surface area contributed by atoms with Gasteiger partial charge in [-0.25, -0.2) is 0 Å². The van der Waals surface area contributed by atoms with Gasteiger partial charge < -0.3 is 15.1 Å². The first-order valence-electron chi connectivity index (χ1n) is 8.81. The fourth-order valence-corrected chi connectivity index (χ4v) is 3.30. The zero-order chi connectivity index (χ0) is 18.8. The number of hydrogen-bond donors (Lipinski definition) is 2. The maximum absolute atomic E-state index is 12.0. The Bertz CT molecular complexity index is 1040. The number of oxime groups is 1. The van der Waals surface area contributed by atoms with Crippen molar-refractivity contribution in [1.29, 1.82) is 0 Å². The van der Waals surface area contributed by atoms with Crippen molar-refractivity contribution in [2.45, 2.75) is 13.3 Å². The van der Waals surface area contributed by atoms with Crippen LogP contribution >= 0.6 is 0 Å². The number of nitrogens with zero attached hydrogens (tertiary/aromatic N) is 2. The summed E-state index contributed by atoms with van der Waals surface area (Å²) < 4.78 is 0. The number of carbonyl (C=O) groups excluding carboxylic acids is 1. The van der Waals surface area contributed by atoms with Crippen molar-refractivity contribution >= 4 is 11.6 Å². The van der Waals surface area contributed by atoms with Crippen LogP contribution in [0.2, 0.25) is 0 Å². The van der Waals surface area contributed by atoms with Gasteiger partial charge in [-0.2, -0.15) is 0 Å². The Morgan fingerprint density at radius 3 is 2.89 bits per heavy atom. The maximum atomic E-state index is 12.0. The highest BCUT2D eigenvalue weighted by molar-refractivity contribution is 5.99. The van der Waals surface area contributed by atoms with Crippen LogP contribution in [0.3, 0.4) is 0 Å². The van der Waals surface area contributed by atoms with Crippen LogP contribution < -0.4 is 5.32 Å². The Labute approximate surface area is 157 Å². The van der Waals surface area contributed by atoms with Crippen LogP contribution in [0.5, 0.6) is 0 Å². The van der Waals surface area contributed by atoms with Gasteiger partial charge in [0, 0.05) is 41.7 Å². The van der Waals surface area contributed by atoms with Crippen LogP contribution in [-0.2, 0) is 11.3 Å². The van der Waals surface area contributed by atoms with Gasteiger partial charge in [0.05, 0.1) is 17.0 Å². The van der Waals surface area contributed by atoms with Crippen LogP contribution in [0, 0.1) is 0 Å². The summed E-state index contributed by atoms with van der Waals surface area (Å²) in [6.07, 6.45) is 2.60. The Hall–Kier alpha value is -3.41. The molecule has 136 valence electrons. The number of nitrogens with one attached hydrogen (secondary N) is 2. The van der Waals surface area contributed by atoms with E-state index >= 15 is 0 Å². The average molecular weight is 360 g/mol. The molecule has 0 spiro atoms. The number of aromatic nitrogens is 2. The fraction of sp³-hybridized carbons (Fsp3) is 0.190. The molecule has 0 radical (unpaired) electrons. The zero-order valence-electron chi connectivity index (χ0n) is 15.2. The highest BCUT2D eigenvalue weighted by Gasteiger charge is 2.20. The van der Waals surface area contributed by atoms with Crippen molar-refractivity contribution in [3.8, 4) is 22.5 Å². The lowest BCUT2D eigenvalue weighted by Gasteiger charge is -2.11. The summed E-state index contributed by atoms with van der Waals surface area (Å²) in [5.41, 5.74) is 7.27. The number of H-pyrrole nitrogens is 1. The molecule has 1 aliphatic heterocycles. The minimum Gasteiger partial charge on any atom is -0.399 e. The number of aromatic amines is 1. The van der Waals surface area contributed by atoms with Crippen LogP contribution in [0.15, 0.2) is 53.8 Å². The highest BCUT2D eigenvalue weighted by Crippen LogP contribution is 2.27. The second kappa shape index (κ2) is 7.07. The van der Waals surface area contributed by atoms with Gasteiger partial charge >= 0.3 is 0 Å². The Kier molecular flexibility index (Phi) is 4.46. The molecule has 3 heterocycles. The largest absolute Gasteiger partial charge is 0.399 e. The van der Waals surface area contributed by atoms with E-state index in [1.165, 1.54) is 7.11 Å². The van der Waals surface area contributed by atoms with Crippen molar-refractivity contribution < 1.29 is 9.63 Å². The predicted molar refractivity (Wildman–Crippen MR) is 105 cm³/mol. The van der Waals surface area contributed by atoms with Gasteiger partial charge in [-0.3, -0.25) is 9.78 Å². The lowest BCUT2D eigenvalue weighted by Crippen LogP contribution is -2.31. The van der Waals surface area contributed by atoms with Gasteiger partial charge in [0.15, 0.2) is 0 Å². The molecule has 2 aromatic heterocycles. The molecule has 6 nitrogen and oxygen atoms in total. The van der Waals surface area contributed by atoms with Gasteiger partial charge in [0.25, 0.3) is 5.91 Å². The molecule has 0 saturated carbocycles. The van der Waals surface area contributed by atoms with Crippen LogP contribution in [0.25, 0.3) is 22.5 Å². The minimum atomic E-state index is -0.0198. The van der Waals surface area contributed by atoms with Crippen molar-refractivity contribution in [2.24, 2.45) is 5.16 Å². The lowest BCUT2D eigenvalue weighted by molar-refractivity contribution is 0.0946. The van der Waals surface area contributed by atoms with E-state index in [0.717, 1.165) is 51.5 Å². The Morgan fingerprint density at radius 2 is 2.07 bits per heavy atom. The zero-order valence-corrected chi connectivity index (χ0v) is 15.2. The molecule has 0 atom stereocenters. The lowest BCUT2D eigenvalue weighted by atomic mass is 10.0. The molecule has 27 heavy (non-hydrogen) atoms. The van der Waals surface area contributed by atoms with E-state index in [1.54, 1.807) is 6.20 Å².